The molecule has 0 saturated carbocycles. The predicted molar refractivity (Wildman–Crippen MR) is 90.8 cm³/mol. The Kier molecular flexibility index (Phi) is 5.48. The molecule has 1 N–H and O–H groups in total. The van der Waals surface area contributed by atoms with Crippen molar-refractivity contribution in [2.75, 3.05) is 36.5 Å². The number of ether oxygens (including phenoxy) is 2. The fraction of sp³-hybridized carbons (Fsp3) is 0.706. The molecule has 3 heterocycles. The van der Waals surface area contributed by atoms with Crippen molar-refractivity contribution in [1.82, 2.24) is 9.97 Å². The van der Waals surface area contributed by atoms with Gasteiger partial charge in [-0.2, -0.15) is 10.2 Å². The highest BCUT2D eigenvalue weighted by atomic mass is 16.5. The Balaban J connectivity index is 1.70. The van der Waals surface area contributed by atoms with E-state index < -0.39 is 6.10 Å². The van der Waals surface area contributed by atoms with Gasteiger partial charge in [-0.05, 0) is 24.8 Å². The molecule has 0 amide bonds. The van der Waals surface area contributed by atoms with E-state index in [-0.39, 0.29) is 12.1 Å². The van der Waals surface area contributed by atoms with Gasteiger partial charge >= 0.3 is 0 Å². The van der Waals surface area contributed by atoms with Gasteiger partial charge in [0.1, 0.15) is 5.82 Å². The zero-order valence-electron chi connectivity index (χ0n) is 14.3. The Morgan fingerprint density at radius 3 is 3.04 bits per heavy atom. The lowest BCUT2D eigenvalue weighted by atomic mass is 9.94. The number of nitrogens with zero attached hydrogens (tertiary/aromatic N) is 4. The Bertz CT molecular complexity index is 589. The zero-order chi connectivity index (χ0) is 16.9. The molecule has 2 fully saturated rings. The largest absolute Gasteiger partial charge is 0.376 e. The highest BCUT2D eigenvalue weighted by Crippen LogP contribution is 2.24. The first-order chi connectivity index (χ1) is 11.7. The summed E-state index contributed by atoms with van der Waals surface area (Å²) < 4.78 is 11.3. The van der Waals surface area contributed by atoms with E-state index in [1.807, 2.05) is 11.0 Å². The first-order valence-electron chi connectivity index (χ1n) is 8.64. The van der Waals surface area contributed by atoms with Crippen LogP contribution >= 0.6 is 0 Å². The lowest BCUT2D eigenvalue weighted by Gasteiger charge is -2.35. The fourth-order valence-corrected chi connectivity index (χ4v) is 3.29. The zero-order valence-corrected chi connectivity index (χ0v) is 14.3. The summed E-state index contributed by atoms with van der Waals surface area (Å²) in [5.41, 5.74) is 0. The number of hydrogen-bond acceptors (Lipinski definition) is 7. The topological polar surface area (TPSA) is 83.3 Å². The van der Waals surface area contributed by atoms with E-state index in [4.69, 9.17) is 14.7 Å². The highest BCUT2D eigenvalue weighted by molar-refractivity contribution is 5.42. The van der Waals surface area contributed by atoms with Crippen LogP contribution in [0.5, 0.6) is 0 Å². The maximum atomic E-state index is 9.04. The molecule has 3 rings (SSSR count). The maximum Gasteiger partial charge on any atom is 0.227 e. The van der Waals surface area contributed by atoms with Crippen LogP contribution in [-0.4, -0.2) is 54.5 Å². The third-order valence-corrected chi connectivity index (χ3v) is 4.49. The SMILES string of the molecule is CC(C)[C@@H]1OCCC[C@H]1Nc1ccnc(N2CCO[C@@H](C#N)C2)n1. The fourth-order valence-electron chi connectivity index (χ4n) is 3.29. The second kappa shape index (κ2) is 7.77. The summed E-state index contributed by atoms with van der Waals surface area (Å²) >= 11 is 0. The van der Waals surface area contributed by atoms with Crippen LogP contribution < -0.4 is 10.2 Å². The molecule has 1 aromatic heterocycles. The number of hydrogen-bond donors (Lipinski definition) is 1. The minimum absolute atomic E-state index is 0.198. The molecule has 24 heavy (non-hydrogen) atoms. The first-order valence-corrected chi connectivity index (χ1v) is 8.64. The molecule has 0 unspecified atom stereocenters. The van der Waals surface area contributed by atoms with E-state index in [2.05, 4.69) is 35.2 Å². The molecule has 2 aliphatic heterocycles. The van der Waals surface area contributed by atoms with Crippen LogP contribution in [0.2, 0.25) is 0 Å². The van der Waals surface area contributed by atoms with Crippen molar-refractivity contribution in [2.45, 2.75) is 44.9 Å². The Labute approximate surface area is 143 Å². The van der Waals surface area contributed by atoms with Crippen LogP contribution in [0, 0.1) is 17.2 Å². The van der Waals surface area contributed by atoms with Gasteiger partial charge in [-0.25, -0.2) is 4.98 Å². The molecule has 7 nitrogen and oxygen atoms in total. The van der Waals surface area contributed by atoms with E-state index in [9.17, 15) is 0 Å². The van der Waals surface area contributed by atoms with Gasteiger partial charge in [-0.1, -0.05) is 13.8 Å². The average Bonchev–Trinajstić information content (AvgIpc) is 2.62. The second-order valence-electron chi connectivity index (χ2n) is 6.65. The molecule has 0 radical (unpaired) electrons. The number of nitriles is 1. The van der Waals surface area contributed by atoms with Crippen molar-refractivity contribution in [2.24, 2.45) is 5.92 Å². The normalized spacial score (nSPS) is 27.8. The van der Waals surface area contributed by atoms with E-state index >= 15 is 0 Å². The standard InChI is InChI=1S/C17H25N5O2/c1-12(2)16-14(4-3-8-24-16)20-15-5-6-19-17(21-15)22-7-9-23-13(10-18)11-22/h5-6,12-14,16H,3-4,7-9,11H2,1-2H3,(H,19,20,21)/t13-,14+,16-/m0/s1. The van der Waals surface area contributed by atoms with Crippen molar-refractivity contribution < 1.29 is 9.47 Å². The van der Waals surface area contributed by atoms with Crippen LogP contribution in [-0.2, 0) is 9.47 Å². The minimum atomic E-state index is -0.420. The van der Waals surface area contributed by atoms with Crippen LogP contribution in [0.15, 0.2) is 12.3 Å². The molecule has 130 valence electrons. The third-order valence-electron chi connectivity index (χ3n) is 4.49. The van der Waals surface area contributed by atoms with Gasteiger partial charge in [0, 0.05) is 19.3 Å². The van der Waals surface area contributed by atoms with Crippen LogP contribution in [0.25, 0.3) is 0 Å². The summed E-state index contributed by atoms with van der Waals surface area (Å²) in [4.78, 5) is 11.0. The second-order valence-corrected chi connectivity index (χ2v) is 6.65. The van der Waals surface area contributed by atoms with E-state index in [1.54, 1.807) is 6.20 Å². The van der Waals surface area contributed by atoms with Crippen LogP contribution in [0.1, 0.15) is 26.7 Å². The molecule has 0 bridgehead atoms. The van der Waals surface area contributed by atoms with Crippen LogP contribution in [0.4, 0.5) is 11.8 Å². The molecule has 0 aromatic carbocycles. The van der Waals surface area contributed by atoms with E-state index in [1.165, 1.54) is 0 Å². The van der Waals surface area contributed by atoms with Gasteiger partial charge < -0.3 is 19.7 Å². The van der Waals surface area contributed by atoms with Crippen LogP contribution in [0.3, 0.4) is 0 Å². The Hall–Kier alpha value is -1.91. The molecule has 2 aliphatic rings. The van der Waals surface area contributed by atoms with Crippen molar-refractivity contribution >= 4 is 11.8 Å². The Morgan fingerprint density at radius 2 is 2.25 bits per heavy atom. The van der Waals surface area contributed by atoms with Crippen molar-refractivity contribution in [3.05, 3.63) is 12.3 Å². The minimum Gasteiger partial charge on any atom is -0.376 e. The maximum absolute atomic E-state index is 9.04. The first kappa shape index (κ1) is 16.9. The van der Waals surface area contributed by atoms with Gasteiger partial charge in [-0.3, -0.25) is 0 Å². The molecular weight excluding hydrogens is 306 g/mol. The van der Waals surface area contributed by atoms with Gasteiger partial charge in [0.2, 0.25) is 5.95 Å². The Morgan fingerprint density at radius 1 is 1.38 bits per heavy atom. The molecule has 3 atom stereocenters. The quantitative estimate of drug-likeness (QED) is 0.901. The van der Waals surface area contributed by atoms with E-state index in [0.29, 0.717) is 31.6 Å². The molecule has 0 spiro atoms. The molecule has 7 heteroatoms. The summed E-state index contributed by atoms with van der Waals surface area (Å²) in [6, 6.07) is 4.30. The average molecular weight is 331 g/mol. The van der Waals surface area contributed by atoms with E-state index in [0.717, 1.165) is 25.3 Å². The summed E-state index contributed by atoms with van der Waals surface area (Å²) in [6.45, 7) is 6.92. The number of rotatable bonds is 4. The van der Waals surface area contributed by atoms with Crippen molar-refractivity contribution in [1.29, 1.82) is 5.26 Å². The van der Waals surface area contributed by atoms with Gasteiger partial charge in [0.15, 0.2) is 6.10 Å². The molecule has 0 aliphatic carbocycles. The highest BCUT2D eigenvalue weighted by Gasteiger charge is 2.29. The third kappa shape index (κ3) is 3.94. The number of aromatic nitrogens is 2. The van der Waals surface area contributed by atoms with Crippen molar-refractivity contribution in [3.8, 4) is 6.07 Å². The smallest absolute Gasteiger partial charge is 0.227 e. The number of anilines is 2. The van der Waals surface area contributed by atoms with Gasteiger partial charge in [0.05, 0.1) is 31.4 Å². The van der Waals surface area contributed by atoms with Gasteiger partial charge in [0.25, 0.3) is 0 Å². The van der Waals surface area contributed by atoms with Gasteiger partial charge in [-0.15, -0.1) is 0 Å². The summed E-state index contributed by atoms with van der Waals surface area (Å²) in [5.74, 6) is 1.90. The summed E-state index contributed by atoms with van der Waals surface area (Å²) in [5, 5.41) is 12.6. The summed E-state index contributed by atoms with van der Waals surface area (Å²) in [6.07, 6.45) is 3.68. The number of morpholine rings is 1. The lowest BCUT2D eigenvalue weighted by Crippen LogP contribution is -2.44. The summed E-state index contributed by atoms with van der Waals surface area (Å²) in [7, 11) is 0. The van der Waals surface area contributed by atoms with Crippen molar-refractivity contribution in [3.63, 3.8) is 0 Å². The molecule has 2 saturated heterocycles. The monoisotopic (exact) mass is 331 g/mol. The molecular formula is C17H25N5O2. The predicted octanol–water partition coefficient (Wildman–Crippen LogP) is 1.82. The lowest BCUT2D eigenvalue weighted by molar-refractivity contribution is -0.0203. The number of nitrogens with one attached hydrogen (secondary N) is 1. The molecule has 1 aromatic rings.